The second kappa shape index (κ2) is 9.41. The summed E-state index contributed by atoms with van der Waals surface area (Å²) < 4.78 is 46.0. The first kappa shape index (κ1) is 20.8. The monoisotopic (exact) mass is 381 g/mol. The number of amides is 1. The molecule has 2 aromatic carbocycles. The van der Waals surface area contributed by atoms with E-state index in [9.17, 15) is 18.0 Å². The van der Waals surface area contributed by atoms with E-state index in [2.05, 4.69) is 10.1 Å². The molecule has 0 fully saturated rings. The van der Waals surface area contributed by atoms with Crippen molar-refractivity contribution in [3.8, 4) is 5.75 Å². The highest BCUT2D eigenvalue weighted by atomic mass is 19.4. The van der Waals surface area contributed by atoms with Crippen molar-refractivity contribution in [1.82, 2.24) is 5.32 Å². The zero-order valence-corrected chi connectivity index (χ0v) is 15.2. The summed E-state index contributed by atoms with van der Waals surface area (Å²) in [6.07, 6.45) is -4.09. The summed E-state index contributed by atoms with van der Waals surface area (Å²) in [5.41, 5.74) is 3.35. The van der Waals surface area contributed by atoms with E-state index in [1.165, 1.54) is 0 Å². The molecule has 4 nitrogen and oxygen atoms in total. The Balaban J connectivity index is 1.79. The van der Waals surface area contributed by atoms with Crippen molar-refractivity contribution in [2.75, 3.05) is 13.7 Å². The Kier molecular flexibility index (Phi) is 7.24. The van der Waals surface area contributed by atoms with Crippen LogP contribution in [0, 0.1) is 6.92 Å². The van der Waals surface area contributed by atoms with Gasteiger partial charge in [-0.25, -0.2) is 0 Å². The second-order valence-corrected chi connectivity index (χ2v) is 6.18. The maximum atomic E-state index is 12.1. The lowest BCUT2D eigenvalue weighted by Crippen LogP contribution is -2.24. The van der Waals surface area contributed by atoms with Crippen LogP contribution < -0.4 is 10.1 Å². The molecule has 146 valence electrons. The SMILES string of the molecule is COc1cc(CC(=O)NCc2ccc(COCC(F)(F)F)cc2)ccc1C. The molecule has 2 rings (SSSR count). The highest BCUT2D eigenvalue weighted by Crippen LogP contribution is 2.19. The normalized spacial score (nSPS) is 11.3. The number of carbonyl (C=O) groups excluding carboxylic acids is 1. The van der Waals surface area contributed by atoms with Crippen LogP contribution in [0.1, 0.15) is 22.3 Å². The number of aryl methyl sites for hydroxylation is 1. The molecule has 0 aromatic heterocycles. The van der Waals surface area contributed by atoms with E-state index in [0.717, 1.165) is 22.4 Å². The fourth-order valence-electron chi connectivity index (χ4n) is 2.46. The zero-order valence-electron chi connectivity index (χ0n) is 15.2. The van der Waals surface area contributed by atoms with Gasteiger partial charge >= 0.3 is 6.18 Å². The molecular formula is C20H22F3NO3. The maximum absolute atomic E-state index is 12.1. The summed E-state index contributed by atoms with van der Waals surface area (Å²) in [6.45, 7) is 0.891. The standard InChI is InChI=1S/C20H22F3NO3/c1-14-3-4-17(9-18(14)26-2)10-19(25)24-11-15-5-7-16(8-6-15)12-27-13-20(21,22)23/h3-9H,10-13H2,1-2H3,(H,24,25). The Bertz CT molecular complexity index is 758. The summed E-state index contributed by atoms with van der Waals surface area (Å²) in [5, 5.41) is 2.82. The first-order valence-electron chi connectivity index (χ1n) is 8.39. The van der Waals surface area contributed by atoms with Gasteiger partial charge in [-0.15, -0.1) is 0 Å². The van der Waals surface area contributed by atoms with Gasteiger partial charge in [0.15, 0.2) is 0 Å². The van der Waals surface area contributed by atoms with Crippen LogP contribution in [0.3, 0.4) is 0 Å². The number of ether oxygens (including phenoxy) is 2. The van der Waals surface area contributed by atoms with E-state index in [1.54, 1.807) is 31.4 Å². The Morgan fingerprint density at radius 3 is 2.30 bits per heavy atom. The van der Waals surface area contributed by atoms with E-state index < -0.39 is 12.8 Å². The fraction of sp³-hybridized carbons (Fsp3) is 0.350. The predicted octanol–water partition coefficient (Wildman–Crippen LogP) is 3.94. The number of carbonyl (C=O) groups is 1. The molecular weight excluding hydrogens is 359 g/mol. The van der Waals surface area contributed by atoms with Gasteiger partial charge in [0.25, 0.3) is 0 Å². The molecule has 0 unspecified atom stereocenters. The molecule has 0 saturated heterocycles. The molecule has 0 bridgehead atoms. The third-order valence-corrected chi connectivity index (χ3v) is 3.88. The lowest BCUT2D eigenvalue weighted by atomic mass is 10.1. The molecule has 27 heavy (non-hydrogen) atoms. The fourth-order valence-corrected chi connectivity index (χ4v) is 2.46. The van der Waals surface area contributed by atoms with E-state index in [4.69, 9.17) is 4.74 Å². The van der Waals surface area contributed by atoms with Crippen LogP contribution in [-0.2, 0) is 29.1 Å². The van der Waals surface area contributed by atoms with E-state index >= 15 is 0 Å². The van der Waals surface area contributed by atoms with Gasteiger partial charge in [0.2, 0.25) is 5.91 Å². The summed E-state index contributed by atoms with van der Waals surface area (Å²) in [6, 6.07) is 12.5. The number of hydrogen-bond donors (Lipinski definition) is 1. The van der Waals surface area contributed by atoms with Gasteiger partial charge in [-0.1, -0.05) is 36.4 Å². The number of methoxy groups -OCH3 is 1. The predicted molar refractivity (Wildman–Crippen MR) is 95.4 cm³/mol. The van der Waals surface area contributed by atoms with E-state index in [-0.39, 0.29) is 18.9 Å². The highest BCUT2D eigenvalue weighted by molar-refractivity contribution is 5.78. The summed E-state index contributed by atoms with van der Waals surface area (Å²) >= 11 is 0. The topological polar surface area (TPSA) is 47.6 Å². The van der Waals surface area contributed by atoms with Gasteiger partial charge in [0.05, 0.1) is 20.1 Å². The van der Waals surface area contributed by atoms with Crippen molar-refractivity contribution < 1.29 is 27.4 Å². The van der Waals surface area contributed by atoms with Crippen molar-refractivity contribution in [1.29, 1.82) is 0 Å². The minimum Gasteiger partial charge on any atom is -0.496 e. The molecule has 0 aliphatic rings. The number of benzene rings is 2. The average molecular weight is 381 g/mol. The minimum absolute atomic E-state index is 0.110. The lowest BCUT2D eigenvalue weighted by Gasteiger charge is -2.10. The van der Waals surface area contributed by atoms with Crippen LogP contribution in [0.5, 0.6) is 5.75 Å². The van der Waals surface area contributed by atoms with E-state index in [1.807, 2.05) is 25.1 Å². The average Bonchev–Trinajstić information content (AvgIpc) is 2.61. The first-order chi connectivity index (χ1) is 12.8. The molecule has 0 aliphatic carbocycles. The van der Waals surface area contributed by atoms with Crippen molar-refractivity contribution >= 4 is 5.91 Å². The van der Waals surface area contributed by atoms with Gasteiger partial charge in [0, 0.05) is 6.54 Å². The Morgan fingerprint density at radius 1 is 1.04 bits per heavy atom. The van der Waals surface area contributed by atoms with Crippen LogP contribution in [0.4, 0.5) is 13.2 Å². The van der Waals surface area contributed by atoms with Crippen molar-refractivity contribution in [3.63, 3.8) is 0 Å². The molecule has 0 aliphatic heterocycles. The van der Waals surface area contributed by atoms with Gasteiger partial charge < -0.3 is 14.8 Å². The molecule has 0 radical (unpaired) electrons. The largest absolute Gasteiger partial charge is 0.496 e. The van der Waals surface area contributed by atoms with Crippen LogP contribution in [-0.4, -0.2) is 25.8 Å². The Labute approximate surface area is 156 Å². The summed E-state index contributed by atoms with van der Waals surface area (Å²) in [7, 11) is 1.59. The van der Waals surface area contributed by atoms with Gasteiger partial charge in [0.1, 0.15) is 12.4 Å². The first-order valence-corrected chi connectivity index (χ1v) is 8.39. The van der Waals surface area contributed by atoms with Crippen molar-refractivity contribution in [2.45, 2.75) is 32.7 Å². The lowest BCUT2D eigenvalue weighted by molar-refractivity contribution is -0.176. The third-order valence-electron chi connectivity index (χ3n) is 3.88. The maximum Gasteiger partial charge on any atom is 0.411 e. The van der Waals surface area contributed by atoms with Gasteiger partial charge in [-0.3, -0.25) is 4.79 Å². The zero-order chi connectivity index (χ0) is 19.9. The number of hydrogen-bond acceptors (Lipinski definition) is 3. The molecule has 1 amide bonds. The number of alkyl halides is 3. The number of rotatable bonds is 8. The van der Waals surface area contributed by atoms with Crippen LogP contribution in [0.15, 0.2) is 42.5 Å². The van der Waals surface area contributed by atoms with Crippen LogP contribution in [0.2, 0.25) is 0 Å². The summed E-state index contributed by atoms with van der Waals surface area (Å²) in [5.74, 6) is 0.613. The minimum atomic E-state index is -4.33. The molecule has 0 heterocycles. The molecule has 0 saturated carbocycles. The van der Waals surface area contributed by atoms with Crippen LogP contribution in [0.25, 0.3) is 0 Å². The van der Waals surface area contributed by atoms with Gasteiger partial charge in [-0.05, 0) is 35.2 Å². The summed E-state index contributed by atoms with van der Waals surface area (Å²) in [4.78, 5) is 12.1. The quantitative estimate of drug-likeness (QED) is 0.754. The molecule has 0 spiro atoms. The number of halogens is 3. The molecule has 1 N–H and O–H groups in total. The Hall–Kier alpha value is -2.54. The third kappa shape index (κ3) is 7.30. The molecule has 0 atom stereocenters. The van der Waals surface area contributed by atoms with E-state index in [0.29, 0.717) is 12.1 Å². The second-order valence-electron chi connectivity index (χ2n) is 6.18. The number of nitrogens with one attached hydrogen (secondary N) is 1. The van der Waals surface area contributed by atoms with Crippen LogP contribution >= 0.6 is 0 Å². The Morgan fingerprint density at radius 2 is 1.67 bits per heavy atom. The molecule has 2 aromatic rings. The molecule has 7 heteroatoms. The smallest absolute Gasteiger partial charge is 0.411 e. The van der Waals surface area contributed by atoms with Gasteiger partial charge in [-0.2, -0.15) is 13.2 Å². The van der Waals surface area contributed by atoms with Crippen molar-refractivity contribution in [3.05, 3.63) is 64.7 Å². The van der Waals surface area contributed by atoms with Crippen molar-refractivity contribution in [2.24, 2.45) is 0 Å². The highest BCUT2D eigenvalue weighted by Gasteiger charge is 2.27.